The maximum Gasteiger partial charge on any atom is 0.490 e. The van der Waals surface area contributed by atoms with E-state index < -0.39 is 7.12 Å². The van der Waals surface area contributed by atoms with Crippen LogP contribution < -0.4 is 5.73 Å². The Balaban J connectivity index is 0. The summed E-state index contributed by atoms with van der Waals surface area (Å²) in [6.07, 6.45) is 3.19. The van der Waals surface area contributed by atoms with Gasteiger partial charge in [-0.3, -0.25) is 0 Å². The first-order valence-electron chi connectivity index (χ1n) is 4.08. The van der Waals surface area contributed by atoms with E-state index in [4.69, 9.17) is 15.8 Å². The molecule has 0 unspecified atom stereocenters. The maximum atomic E-state index is 8.68. The van der Waals surface area contributed by atoms with Crippen molar-refractivity contribution >= 4 is 7.12 Å². The Morgan fingerprint density at radius 3 is 1.67 bits per heavy atom. The van der Waals surface area contributed by atoms with Crippen molar-refractivity contribution in [3.63, 3.8) is 0 Å². The van der Waals surface area contributed by atoms with Crippen LogP contribution in [-0.2, 0) is 0 Å². The molecule has 0 fully saturated rings. The van der Waals surface area contributed by atoms with Gasteiger partial charge in [0.05, 0.1) is 0 Å². The van der Waals surface area contributed by atoms with E-state index in [1.54, 1.807) is 26.0 Å². The Hall–Kier alpha value is -0.735. The molecule has 12 heavy (non-hydrogen) atoms. The zero-order valence-corrected chi connectivity index (χ0v) is 8.20. The summed E-state index contributed by atoms with van der Waals surface area (Å²) >= 11 is 0. The molecule has 0 amide bonds. The molecule has 4 heteroatoms. The lowest BCUT2D eigenvalue weighted by molar-refractivity contribution is 0.419. The van der Waals surface area contributed by atoms with Gasteiger partial charge in [0.2, 0.25) is 0 Å². The fraction of sp³-hybridized carbons (Fsp3) is 0.500. The summed E-state index contributed by atoms with van der Waals surface area (Å²) in [5, 5.41) is 17.4. The van der Waals surface area contributed by atoms with Gasteiger partial charge in [0, 0.05) is 11.2 Å². The minimum atomic E-state index is -1.47. The highest BCUT2D eigenvalue weighted by molar-refractivity contribution is 6.52. The normalized spacial score (nSPS) is 11.8. The van der Waals surface area contributed by atoms with Gasteiger partial charge in [-0.2, -0.15) is 0 Å². The van der Waals surface area contributed by atoms with Gasteiger partial charge in [0.25, 0.3) is 0 Å². The second-order valence-electron chi connectivity index (χ2n) is 1.86. The lowest BCUT2D eigenvalue weighted by Gasteiger charge is -2.03. The highest BCUT2D eigenvalue weighted by Crippen LogP contribution is 2.03. The molecule has 0 saturated carbocycles. The first kappa shape index (κ1) is 13.8. The molecule has 3 nitrogen and oxygen atoms in total. The second-order valence-corrected chi connectivity index (χ2v) is 1.86. The van der Waals surface area contributed by atoms with Crippen LogP contribution in [-0.4, -0.2) is 17.2 Å². The van der Waals surface area contributed by atoms with Crippen LogP contribution in [0.3, 0.4) is 0 Å². The second kappa shape index (κ2) is 8.36. The SMILES string of the molecule is C/C=C(B(O)O)\C(N)=C/C.CC. The third-order valence-corrected chi connectivity index (χ3v) is 1.23. The molecule has 0 atom stereocenters. The molecule has 0 aliphatic rings. The van der Waals surface area contributed by atoms with Crippen molar-refractivity contribution in [2.24, 2.45) is 5.73 Å². The van der Waals surface area contributed by atoms with Gasteiger partial charge in [-0.25, -0.2) is 0 Å². The zero-order valence-electron chi connectivity index (χ0n) is 8.20. The van der Waals surface area contributed by atoms with Crippen LogP contribution in [0.4, 0.5) is 0 Å². The number of hydrogen-bond donors (Lipinski definition) is 3. The zero-order chi connectivity index (χ0) is 10.1. The Morgan fingerprint density at radius 2 is 1.58 bits per heavy atom. The Bertz CT molecular complexity index is 164. The first-order valence-corrected chi connectivity index (χ1v) is 4.08. The number of nitrogens with two attached hydrogens (primary N) is 1. The van der Waals surface area contributed by atoms with Gasteiger partial charge >= 0.3 is 7.12 Å². The number of rotatable bonds is 2. The lowest BCUT2D eigenvalue weighted by Crippen LogP contribution is -2.20. The molecule has 0 spiro atoms. The van der Waals surface area contributed by atoms with E-state index in [1.165, 1.54) is 0 Å². The van der Waals surface area contributed by atoms with Crippen LogP contribution in [0.15, 0.2) is 23.3 Å². The van der Waals surface area contributed by atoms with Gasteiger partial charge in [-0.05, 0) is 13.8 Å². The van der Waals surface area contributed by atoms with E-state index in [0.29, 0.717) is 11.2 Å². The monoisotopic (exact) mass is 171 g/mol. The largest absolute Gasteiger partial charge is 0.490 e. The highest BCUT2D eigenvalue weighted by atomic mass is 16.4. The van der Waals surface area contributed by atoms with Crippen molar-refractivity contribution < 1.29 is 10.0 Å². The molecule has 4 N–H and O–H groups in total. The van der Waals surface area contributed by atoms with Crippen LogP contribution in [0.25, 0.3) is 0 Å². The molecule has 0 aromatic carbocycles. The van der Waals surface area contributed by atoms with Crippen molar-refractivity contribution in [3.05, 3.63) is 23.3 Å². The molecule has 0 aromatic rings. The van der Waals surface area contributed by atoms with Gasteiger partial charge in [0.15, 0.2) is 0 Å². The van der Waals surface area contributed by atoms with E-state index in [0.717, 1.165) is 0 Å². The summed E-state index contributed by atoms with van der Waals surface area (Å²) in [6, 6.07) is 0. The molecule has 0 bridgehead atoms. The summed E-state index contributed by atoms with van der Waals surface area (Å²) in [6.45, 7) is 7.44. The molecule has 0 heterocycles. The molecular formula is C8H18BNO2. The van der Waals surface area contributed by atoms with Crippen molar-refractivity contribution in [1.82, 2.24) is 0 Å². The van der Waals surface area contributed by atoms with Crippen molar-refractivity contribution in [3.8, 4) is 0 Å². The third-order valence-electron chi connectivity index (χ3n) is 1.23. The van der Waals surface area contributed by atoms with Crippen molar-refractivity contribution in [2.45, 2.75) is 27.7 Å². The fourth-order valence-electron chi connectivity index (χ4n) is 0.631. The molecular weight excluding hydrogens is 153 g/mol. The van der Waals surface area contributed by atoms with Crippen LogP contribution in [0.1, 0.15) is 27.7 Å². The Labute approximate surface area is 74.7 Å². The molecule has 0 aliphatic carbocycles. The van der Waals surface area contributed by atoms with Gasteiger partial charge in [-0.15, -0.1) is 0 Å². The first-order chi connectivity index (χ1) is 5.63. The fourth-order valence-corrected chi connectivity index (χ4v) is 0.631. The summed E-state index contributed by atoms with van der Waals surface area (Å²) in [5.74, 6) is 0. The number of allylic oxidation sites excluding steroid dienone is 3. The van der Waals surface area contributed by atoms with Gasteiger partial charge in [0.1, 0.15) is 0 Å². The average molecular weight is 171 g/mol. The summed E-state index contributed by atoms with van der Waals surface area (Å²) in [4.78, 5) is 0. The number of hydrogen-bond acceptors (Lipinski definition) is 3. The Morgan fingerprint density at radius 1 is 1.17 bits per heavy atom. The molecule has 70 valence electrons. The topological polar surface area (TPSA) is 66.5 Å². The van der Waals surface area contributed by atoms with E-state index in [1.807, 2.05) is 13.8 Å². The van der Waals surface area contributed by atoms with E-state index >= 15 is 0 Å². The van der Waals surface area contributed by atoms with Gasteiger partial charge < -0.3 is 15.8 Å². The van der Waals surface area contributed by atoms with E-state index in [2.05, 4.69) is 0 Å². The van der Waals surface area contributed by atoms with Gasteiger partial charge in [-0.1, -0.05) is 26.0 Å². The molecule has 0 aromatic heterocycles. The Kier molecular flexibility index (Phi) is 9.64. The summed E-state index contributed by atoms with van der Waals surface area (Å²) in [5.41, 5.74) is 6.15. The molecule has 0 aliphatic heterocycles. The van der Waals surface area contributed by atoms with Crippen LogP contribution in [0, 0.1) is 0 Å². The highest BCUT2D eigenvalue weighted by Gasteiger charge is 2.14. The molecule has 0 radical (unpaired) electrons. The van der Waals surface area contributed by atoms with Crippen molar-refractivity contribution in [2.75, 3.05) is 0 Å². The lowest BCUT2D eigenvalue weighted by atomic mass is 9.77. The smallest absolute Gasteiger partial charge is 0.423 e. The predicted molar refractivity (Wildman–Crippen MR) is 53.2 cm³/mol. The summed E-state index contributed by atoms with van der Waals surface area (Å²) < 4.78 is 0. The van der Waals surface area contributed by atoms with Crippen molar-refractivity contribution in [1.29, 1.82) is 0 Å². The predicted octanol–water partition coefficient (Wildman–Crippen LogP) is 0.833. The maximum absolute atomic E-state index is 8.68. The van der Waals surface area contributed by atoms with Crippen LogP contribution in [0.2, 0.25) is 0 Å². The summed E-state index contributed by atoms with van der Waals surface area (Å²) in [7, 11) is -1.47. The molecule has 0 saturated heterocycles. The van der Waals surface area contributed by atoms with E-state index in [-0.39, 0.29) is 0 Å². The quantitative estimate of drug-likeness (QED) is 0.425. The van der Waals surface area contributed by atoms with Crippen LogP contribution >= 0.6 is 0 Å². The molecule has 0 rings (SSSR count). The minimum absolute atomic E-state index is 0.350. The van der Waals surface area contributed by atoms with Crippen LogP contribution in [0.5, 0.6) is 0 Å². The standard InChI is InChI=1S/C6H12BNO2.C2H6/c1-3-5(7(9)10)6(8)4-2;1-2/h3-4,9-10H,8H2,1-2H3;1-2H3/b5-3+,6-4+;. The average Bonchev–Trinajstić information content (AvgIpc) is 2.08. The minimum Gasteiger partial charge on any atom is -0.423 e. The van der Waals surface area contributed by atoms with E-state index in [9.17, 15) is 0 Å². The third kappa shape index (κ3) is 4.99.